The quantitative estimate of drug-likeness (QED) is 0.644. The van der Waals surface area contributed by atoms with Crippen LogP contribution >= 0.6 is 11.6 Å². The third kappa shape index (κ3) is 3.24. The molecule has 0 saturated carbocycles. The van der Waals surface area contributed by atoms with Crippen LogP contribution in [-0.4, -0.2) is 63.9 Å². The maximum Gasteiger partial charge on any atom is 0.243 e. The number of hydrogen-bond donors (Lipinski definition) is 0. The fourth-order valence-corrected chi connectivity index (χ4v) is 4.86. The van der Waals surface area contributed by atoms with E-state index in [0.717, 1.165) is 0 Å². The molecular weight excluding hydrogens is 390 g/mol. The van der Waals surface area contributed by atoms with Gasteiger partial charge in [-0.3, -0.25) is 0 Å². The van der Waals surface area contributed by atoms with Crippen LogP contribution in [0.1, 0.15) is 6.92 Å². The van der Waals surface area contributed by atoms with E-state index in [1.807, 2.05) is 11.8 Å². The average molecular weight is 408 g/mol. The highest BCUT2D eigenvalue weighted by molar-refractivity contribution is 7.89. The summed E-state index contributed by atoms with van der Waals surface area (Å²) in [5.74, 6) is 0.680. The second-order valence-corrected chi connectivity index (χ2v) is 8.50. The third-order valence-electron chi connectivity index (χ3n) is 4.55. The van der Waals surface area contributed by atoms with Crippen molar-refractivity contribution in [1.29, 1.82) is 0 Å². The molecule has 142 valence electrons. The molecule has 4 rings (SSSR count). The highest BCUT2D eigenvalue weighted by Crippen LogP contribution is 2.25. The minimum absolute atomic E-state index is 0.207. The Morgan fingerprint density at radius 1 is 1.15 bits per heavy atom. The minimum atomic E-state index is -3.58. The molecule has 0 aliphatic carbocycles. The summed E-state index contributed by atoms with van der Waals surface area (Å²) in [6.45, 7) is 4.34. The van der Waals surface area contributed by atoms with Crippen molar-refractivity contribution in [2.45, 2.75) is 18.4 Å². The Hall–Kier alpha value is -2.30. The number of fused-ring (bicyclic) bond motifs is 1. The Morgan fingerprint density at radius 2 is 1.93 bits per heavy atom. The third-order valence-corrected chi connectivity index (χ3v) is 6.68. The van der Waals surface area contributed by atoms with E-state index >= 15 is 0 Å². The van der Waals surface area contributed by atoms with Gasteiger partial charge in [0.2, 0.25) is 10.0 Å². The van der Waals surface area contributed by atoms with Crippen molar-refractivity contribution in [1.82, 2.24) is 29.3 Å². The second-order valence-electron chi connectivity index (χ2n) is 6.12. The highest BCUT2D eigenvalue weighted by Gasteiger charge is 2.30. The predicted molar refractivity (Wildman–Crippen MR) is 101 cm³/mol. The van der Waals surface area contributed by atoms with E-state index < -0.39 is 10.0 Å². The van der Waals surface area contributed by atoms with Gasteiger partial charge in [-0.1, -0.05) is 22.9 Å². The maximum atomic E-state index is 12.8. The Labute approximate surface area is 161 Å². The number of nitrogens with zero attached hydrogens (tertiary/aromatic N) is 7. The van der Waals surface area contributed by atoms with Gasteiger partial charge >= 0.3 is 0 Å². The fourth-order valence-electron chi connectivity index (χ4n) is 3.14. The Kier molecular flexibility index (Phi) is 4.70. The summed E-state index contributed by atoms with van der Waals surface area (Å²) in [5.41, 5.74) is 1.31. The molecule has 0 N–H and O–H groups in total. The molecule has 27 heavy (non-hydrogen) atoms. The minimum Gasteiger partial charge on any atom is -0.352 e. The van der Waals surface area contributed by atoms with Crippen LogP contribution in [0.2, 0.25) is 5.02 Å². The van der Waals surface area contributed by atoms with Crippen molar-refractivity contribution >= 4 is 38.6 Å². The van der Waals surface area contributed by atoms with Crippen molar-refractivity contribution < 1.29 is 8.42 Å². The van der Waals surface area contributed by atoms with E-state index in [1.54, 1.807) is 22.9 Å². The number of aromatic nitrogens is 5. The standard InChI is InChI=1S/C16H18ClN7O2S/c1-2-24-16-14(20-21-24)15(18-11-19-16)22-6-8-23(9-7-22)27(25,26)13-5-3-4-12(17)10-13/h3-5,10-11H,2,6-9H2,1H3. The van der Waals surface area contributed by atoms with Crippen molar-refractivity contribution in [3.05, 3.63) is 35.6 Å². The van der Waals surface area contributed by atoms with Gasteiger partial charge in [0.1, 0.15) is 6.33 Å². The summed E-state index contributed by atoms with van der Waals surface area (Å²) in [6, 6.07) is 6.33. The lowest BCUT2D eigenvalue weighted by Gasteiger charge is -2.34. The zero-order chi connectivity index (χ0) is 19.0. The molecule has 0 radical (unpaired) electrons. The van der Waals surface area contributed by atoms with Crippen LogP contribution in [0.3, 0.4) is 0 Å². The van der Waals surface area contributed by atoms with Crippen LogP contribution in [0.4, 0.5) is 5.82 Å². The molecule has 3 heterocycles. The van der Waals surface area contributed by atoms with Crippen LogP contribution < -0.4 is 4.90 Å². The summed E-state index contributed by atoms with van der Waals surface area (Å²) < 4.78 is 28.8. The molecule has 11 heteroatoms. The van der Waals surface area contributed by atoms with Gasteiger partial charge in [-0.05, 0) is 25.1 Å². The molecular formula is C16H18ClN7O2S. The first-order valence-corrected chi connectivity index (χ1v) is 10.4. The van der Waals surface area contributed by atoms with Crippen LogP contribution in [0.5, 0.6) is 0 Å². The zero-order valence-electron chi connectivity index (χ0n) is 14.7. The molecule has 2 aromatic heterocycles. The number of hydrogen-bond acceptors (Lipinski definition) is 7. The molecule has 0 amide bonds. The van der Waals surface area contributed by atoms with Crippen LogP contribution in [0.25, 0.3) is 11.2 Å². The van der Waals surface area contributed by atoms with Crippen molar-refractivity contribution in [3.63, 3.8) is 0 Å². The fraction of sp³-hybridized carbons (Fsp3) is 0.375. The van der Waals surface area contributed by atoms with Gasteiger partial charge in [0, 0.05) is 37.7 Å². The SMILES string of the molecule is CCn1nnc2c(N3CCN(S(=O)(=O)c4cccc(Cl)c4)CC3)ncnc21. The van der Waals surface area contributed by atoms with E-state index in [1.165, 1.54) is 16.7 Å². The highest BCUT2D eigenvalue weighted by atomic mass is 35.5. The first kappa shape index (κ1) is 18.1. The lowest BCUT2D eigenvalue weighted by molar-refractivity contribution is 0.384. The van der Waals surface area contributed by atoms with Crippen molar-refractivity contribution in [2.24, 2.45) is 0 Å². The van der Waals surface area contributed by atoms with Gasteiger partial charge in [0.05, 0.1) is 4.90 Å². The average Bonchev–Trinajstić information content (AvgIpc) is 3.11. The van der Waals surface area contributed by atoms with E-state index in [2.05, 4.69) is 20.3 Å². The first-order chi connectivity index (χ1) is 13.0. The monoisotopic (exact) mass is 407 g/mol. The number of rotatable bonds is 4. The predicted octanol–water partition coefficient (Wildman–Crippen LogP) is 1.41. The van der Waals surface area contributed by atoms with E-state index in [0.29, 0.717) is 54.7 Å². The van der Waals surface area contributed by atoms with Gasteiger partial charge in [0.15, 0.2) is 17.0 Å². The first-order valence-electron chi connectivity index (χ1n) is 8.55. The molecule has 0 atom stereocenters. The van der Waals surface area contributed by atoms with Crippen LogP contribution in [0, 0.1) is 0 Å². The summed E-state index contributed by atoms with van der Waals surface area (Å²) >= 11 is 5.94. The van der Waals surface area contributed by atoms with E-state index in [-0.39, 0.29) is 4.90 Å². The molecule has 1 aliphatic heterocycles. The molecule has 0 unspecified atom stereocenters. The topological polar surface area (TPSA) is 97.1 Å². The van der Waals surface area contributed by atoms with Gasteiger partial charge in [-0.2, -0.15) is 4.31 Å². The summed E-state index contributed by atoms with van der Waals surface area (Å²) in [5, 5.41) is 8.68. The summed E-state index contributed by atoms with van der Waals surface area (Å²) in [6.07, 6.45) is 1.49. The molecule has 1 aliphatic rings. The lowest BCUT2D eigenvalue weighted by Crippen LogP contribution is -2.49. The van der Waals surface area contributed by atoms with Gasteiger partial charge in [0.25, 0.3) is 0 Å². The molecule has 0 spiro atoms. The van der Waals surface area contributed by atoms with Crippen molar-refractivity contribution in [2.75, 3.05) is 31.1 Å². The number of sulfonamides is 1. The second kappa shape index (κ2) is 7.02. The molecule has 9 nitrogen and oxygen atoms in total. The smallest absolute Gasteiger partial charge is 0.243 e. The molecule has 3 aromatic rings. The lowest BCUT2D eigenvalue weighted by atomic mass is 10.3. The number of anilines is 1. The molecule has 0 bridgehead atoms. The number of piperazine rings is 1. The molecule has 1 fully saturated rings. The van der Waals surface area contributed by atoms with E-state index in [9.17, 15) is 8.42 Å². The normalized spacial score (nSPS) is 16.1. The Bertz CT molecular complexity index is 1080. The van der Waals surface area contributed by atoms with Gasteiger partial charge in [-0.15, -0.1) is 5.10 Å². The van der Waals surface area contributed by atoms with Crippen molar-refractivity contribution in [3.8, 4) is 0 Å². The summed E-state index contributed by atoms with van der Waals surface area (Å²) in [7, 11) is -3.58. The maximum absolute atomic E-state index is 12.8. The molecule has 1 aromatic carbocycles. The zero-order valence-corrected chi connectivity index (χ0v) is 16.2. The largest absolute Gasteiger partial charge is 0.352 e. The van der Waals surface area contributed by atoms with E-state index in [4.69, 9.17) is 11.6 Å². The Morgan fingerprint density at radius 3 is 2.63 bits per heavy atom. The van der Waals surface area contributed by atoms with Crippen LogP contribution in [-0.2, 0) is 16.6 Å². The Balaban J connectivity index is 1.55. The molecule has 1 saturated heterocycles. The number of aryl methyl sites for hydroxylation is 1. The number of benzene rings is 1. The number of halogens is 1. The van der Waals surface area contributed by atoms with Crippen LogP contribution in [0.15, 0.2) is 35.5 Å². The summed E-state index contributed by atoms with van der Waals surface area (Å²) in [4.78, 5) is 10.8. The van der Waals surface area contributed by atoms with Gasteiger partial charge in [-0.25, -0.2) is 23.1 Å². The van der Waals surface area contributed by atoms with Gasteiger partial charge < -0.3 is 4.90 Å².